The molecule has 2 aromatic rings. The van der Waals surface area contributed by atoms with E-state index in [-0.39, 0.29) is 17.4 Å². The fraction of sp³-hybridized carbons (Fsp3) is 0.625. The van der Waals surface area contributed by atoms with Gasteiger partial charge in [0, 0.05) is 25.1 Å². The predicted octanol–water partition coefficient (Wildman–Crippen LogP) is 1.06. The normalized spacial score (nSPS) is 16.6. The summed E-state index contributed by atoms with van der Waals surface area (Å²) >= 11 is 1.47. The average Bonchev–Trinajstić information content (AvgIpc) is 2.99. The van der Waals surface area contributed by atoms with Crippen molar-refractivity contribution in [2.24, 2.45) is 5.92 Å². The first kappa shape index (κ1) is 17.0. The van der Waals surface area contributed by atoms with E-state index in [1.807, 2.05) is 13.8 Å². The third-order valence-electron chi connectivity index (χ3n) is 4.34. The van der Waals surface area contributed by atoms with Crippen LogP contribution < -0.4 is 10.9 Å². The van der Waals surface area contributed by atoms with Crippen molar-refractivity contribution in [2.75, 3.05) is 19.6 Å². The molecule has 0 radical (unpaired) electrons. The molecule has 3 rings (SSSR count). The third-order valence-corrected chi connectivity index (χ3v) is 5.39. The molecule has 24 heavy (non-hydrogen) atoms. The maximum absolute atomic E-state index is 12.2. The van der Waals surface area contributed by atoms with Gasteiger partial charge in [0.2, 0.25) is 10.9 Å². The van der Waals surface area contributed by atoms with Gasteiger partial charge >= 0.3 is 0 Å². The molecule has 1 saturated heterocycles. The van der Waals surface area contributed by atoms with Crippen molar-refractivity contribution >= 4 is 22.2 Å². The zero-order chi connectivity index (χ0) is 17.1. The van der Waals surface area contributed by atoms with Crippen LogP contribution in [0.4, 0.5) is 0 Å². The number of nitrogens with one attached hydrogen (secondary N) is 1. The third kappa shape index (κ3) is 3.64. The Morgan fingerprint density at radius 3 is 2.79 bits per heavy atom. The Morgan fingerprint density at radius 2 is 2.12 bits per heavy atom. The molecular weight excluding hydrogens is 326 g/mol. The van der Waals surface area contributed by atoms with E-state index in [2.05, 4.69) is 20.3 Å². The number of hydrogen-bond acceptors (Lipinski definition) is 6. The summed E-state index contributed by atoms with van der Waals surface area (Å²) in [6, 6.07) is 1.57. The minimum Gasteiger partial charge on any atom is -0.356 e. The standard InChI is InChI=1S/C16H23N5O2S/c1-3-13-19-21-14(22)9-12(18-16(21)24-13)10-20-7-5-11(6-8-20)15(23)17-4-2/h9,11H,3-8,10H2,1-2H3,(H,17,23). The minimum absolute atomic E-state index is 0.107. The van der Waals surface area contributed by atoms with Crippen LogP contribution in [0.3, 0.4) is 0 Å². The summed E-state index contributed by atoms with van der Waals surface area (Å²) in [6.07, 6.45) is 2.51. The van der Waals surface area contributed by atoms with E-state index in [1.54, 1.807) is 6.07 Å². The largest absolute Gasteiger partial charge is 0.356 e. The van der Waals surface area contributed by atoms with E-state index in [0.29, 0.717) is 18.1 Å². The SMILES string of the molecule is CCNC(=O)C1CCN(Cc2cc(=O)n3nc(CC)sc3n2)CC1. The first-order chi connectivity index (χ1) is 11.6. The van der Waals surface area contributed by atoms with Gasteiger partial charge in [0.05, 0.1) is 5.69 Å². The molecule has 0 spiro atoms. The second-order valence-corrected chi connectivity index (χ2v) is 7.11. The lowest BCUT2D eigenvalue weighted by molar-refractivity contribution is -0.126. The second-order valence-electron chi connectivity index (χ2n) is 6.07. The van der Waals surface area contributed by atoms with Gasteiger partial charge in [-0.3, -0.25) is 14.5 Å². The molecule has 0 aliphatic carbocycles. The van der Waals surface area contributed by atoms with Gasteiger partial charge in [-0.15, -0.1) is 0 Å². The first-order valence-corrected chi connectivity index (χ1v) is 9.31. The van der Waals surface area contributed by atoms with Crippen LogP contribution in [-0.2, 0) is 17.8 Å². The summed E-state index contributed by atoms with van der Waals surface area (Å²) in [5, 5.41) is 8.08. The number of carbonyl (C=O) groups is 1. The average molecular weight is 349 g/mol. The molecule has 3 heterocycles. The molecule has 7 nitrogen and oxygen atoms in total. The van der Waals surface area contributed by atoms with Crippen molar-refractivity contribution in [3.63, 3.8) is 0 Å². The van der Waals surface area contributed by atoms with Crippen LogP contribution in [0.1, 0.15) is 37.4 Å². The Kier molecular flexibility index (Phi) is 5.25. The Labute approximate surface area is 144 Å². The van der Waals surface area contributed by atoms with Crippen molar-refractivity contribution in [1.82, 2.24) is 24.8 Å². The molecule has 0 aromatic carbocycles. The van der Waals surface area contributed by atoms with E-state index in [9.17, 15) is 9.59 Å². The van der Waals surface area contributed by atoms with E-state index in [0.717, 1.165) is 43.1 Å². The van der Waals surface area contributed by atoms with Gasteiger partial charge in [-0.1, -0.05) is 18.3 Å². The lowest BCUT2D eigenvalue weighted by atomic mass is 9.96. The molecule has 0 bridgehead atoms. The number of amides is 1. The van der Waals surface area contributed by atoms with Crippen LogP contribution in [0.25, 0.3) is 4.96 Å². The van der Waals surface area contributed by atoms with Gasteiger partial charge in [0.25, 0.3) is 5.56 Å². The second kappa shape index (κ2) is 7.40. The van der Waals surface area contributed by atoms with Crippen LogP contribution in [0.5, 0.6) is 0 Å². The quantitative estimate of drug-likeness (QED) is 0.873. The summed E-state index contributed by atoms with van der Waals surface area (Å²) in [4.78, 5) is 31.6. The summed E-state index contributed by atoms with van der Waals surface area (Å²) in [5.41, 5.74) is 0.658. The summed E-state index contributed by atoms with van der Waals surface area (Å²) < 4.78 is 1.38. The topological polar surface area (TPSA) is 79.6 Å². The highest BCUT2D eigenvalue weighted by Crippen LogP contribution is 2.19. The Hall–Kier alpha value is -1.80. The number of rotatable bonds is 5. The molecule has 0 atom stereocenters. The Bertz CT molecular complexity index is 776. The molecule has 8 heteroatoms. The van der Waals surface area contributed by atoms with Crippen molar-refractivity contribution in [1.29, 1.82) is 0 Å². The summed E-state index contributed by atoms with van der Waals surface area (Å²) in [5.74, 6) is 0.266. The first-order valence-electron chi connectivity index (χ1n) is 8.49. The zero-order valence-corrected chi connectivity index (χ0v) is 14.9. The van der Waals surface area contributed by atoms with Crippen LogP contribution in [0.2, 0.25) is 0 Å². The Morgan fingerprint density at radius 1 is 1.38 bits per heavy atom. The molecular formula is C16H23N5O2S. The lowest BCUT2D eigenvalue weighted by Crippen LogP contribution is -2.40. The van der Waals surface area contributed by atoms with Gasteiger partial charge in [0.1, 0.15) is 5.01 Å². The number of aromatic nitrogens is 3. The van der Waals surface area contributed by atoms with Crippen molar-refractivity contribution in [3.8, 4) is 0 Å². The van der Waals surface area contributed by atoms with Crippen LogP contribution >= 0.6 is 11.3 Å². The maximum atomic E-state index is 12.2. The van der Waals surface area contributed by atoms with Crippen LogP contribution in [0, 0.1) is 5.92 Å². The molecule has 1 fully saturated rings. The number of carbonyl (C=O) groups excluding carboxylic acids is 1. The monoisotopic (exact) mass is 349 g/mol. The smallest absolute Gasteiger partial charge is 0.275 e. The fourth-order valence-electron chi connectivity index (χ4n) is 3.02. The van der Waals surface area contributed by atoms with Crippen molar-refractivity contribution in [3.05, 3.63) is 27.1 Å². The number of likely N-dealkylation sites (tertiary alicyclic amines) is 1. The maximum Gasteiger partial charge on any atom is 0.275 e. The molecule has 1 N–H and O–H groups in total. The molecule has 2 aromatic heterocycles. The molecule has 0 saturated carbocycles. The summed E-state index contributed by atoms with van der Waals surface area (Å²) in [7, 11) is 0. The number of piperidine rings is 1. The van der Waals surface area contributed by atoms with Crippen LogP contribution in [0.15, 0.2) is 10.9 Å². The molecule has 1 amide bonds. The van der Waals surface area contributed by atoms with E-state index >= 15 is 0 Å². The van der Waals surface area contributed by atoms with Gasteiger partial charge in [-0.2, -0.15) is 9.61 Å². The minimum atomic E-state index is -0.122. The van der Waals surface area contributed by atoms with E-state index < -0.39 is 0 Å². The Balaban J connectivity index is 1.66. The predicted molar refractivity (Wildman–Crippen MR) is 93.2 cm³/mol. The molecule has 130 valence electrons. The number of hydrogen-bond donors (Lipinski definition) is 1. The fourth-order valence-corrected chi connectivity index (χ4v) is 3.88. The zero-order valence-electron chi connectivity index (χ0n) is 14.1. The van der Waals surface area contributed by atoms with Gasteiger partial charge < -0.3 is 5.32 Å². The van der Waals surface area contributed by atoms with Crippen molar-refractivity contribution < 1.29 is 4.79 Å². The number of nitrogens with zero attached hydrogens (tertiary/aromatic N) is 4. The molecule has 1 aliphatic heterocycles. The highest BCUT2D eigenvalue weighted by Gasteiger charge is 2.24. The van der Waals surface area contributed by atoms with Crippen molar-refractivity contribution in [2.45, 2.75) is 39.7 Å². The highest BCUT2D eigenvalue weighted by atomic mass is 32.1. The lowest BCUT2D eigenvalue weighted by Gasteiger charge is -2.30. The molecule has 1 aliphatic rings. The number of fused-ring (bicyclic) bond motifs is 1. The molecule has 0 unspecified atom stereocenters. The van der Waals surface area contributed by atoms with Gasteiger partial charge in [-0.05, 0) is 39.3 Å². The van der Waals surface area contributed by atoms with E-state index in [4.69, 9.17) is 0 Å². The van der Waals surface area contributed by atoms with Crippen LogP contribution in [-0.4, -0.2) is 45.0 Å². The summed E-state index contributed by atoms with van der Waals surface area (Å²) in [6.45, 7) is 6.99. The van der Waals surface area contributed by atoms with Gasteiger partial charge in [-0.25, -0.2) is 4.98 Å². The van der Waals surface area contributed by atoms with Gasteiger partial charge in [0.15, 0.2) is 0 Å². The number of aryl methyl sites for hydroxylation is 1. The highest BCUT2D eigenvalue weighted by molar-refractivity contribution is 7.16. The van der Waals surface area contributed by atoms with E-state index in [1.165, 1.54) is 15.9 Å².